The highest BCUT2D eigenvalue weighted by Gasteiger charge is 2.44. The predicted molar refractivity (Wildman–Crippen MR) is 125 cm³/mol. The molecule has 34 heavy (non-hydrogen) atoms. The van der Waals surface area contributed by atoms with Crippen molar-refractivity contribution in [1.29, 1.82) is 0 Å². The molecule has 0 aromatic carbocycles. The number of nitrogens with one attached hydrogen (secondary N) is 1. The van der Waals surface area contributed by atoms with Crippen LogP contribution in [0.2, 0.25) is 5.28 Å². The molecule has 0 saturated carbocycles. The van der Waals surface area contributed by atoms with E-state index < -0.39 is 19.4 Å². The Labute approximate surface area is 203 Å². The van der Waals surface area contributed by atoms with Crippen molar-refractivity contribution in [1.82, 2.24) is 19.5 Å². The topological polar surface area (TPSA) is 136 Å². The average molecular weight is 520 g/mol. The first-order valence-corrected chi connectivity index (χ1v) is 13.3. The van der Waals surface area contributed by atoms with Crippen LogP contribution in [0.15, 0.2) is 6.33 Å². The standard InChI is InChI=1S/C20H31ClN5O7P/c1-5-22-16-15-17(25-20(21)24-16)26(12-23-15)14-10-9-13(33-14)11-30-19(18(27)29-6-2)34(28,31-7-3)32-8-4/h12-14,19H,5-11H2,1-4H3,(H,22,24,25)/t13-,14?,19?/m0/s1. The van der Waals surface area contributed by atoms with Crippen LogP contribution in [0, 0.1) is 0 Å². The van der Waals surface area contributed by atoms with Gasteiger partial charge in [-0.15, -0.1) is 0 Å². The first-order chi connectivity index (χ1) is 16.4. The number of rotatable bonds is 13. The minimum Gasteiger partial charge on any atom is -0.464 e. The summed E-state index contributed by atoms with van der Waals surface area (Å²) in [4.78, 5) is 25.4. The van der Waals surface area contributed by atoms with Gasteiger partial charge in [-0.25, -0.2) is 9.78 Å². The maximum absolute atomic E-state index is 13.2. The number of halogens is 1. The summed E-state index contributed by atoms with van der Waals surface area (Å²) in [6.45, 7) is 7.85. The number of hydrogen-bond donors (Lipinski definition) is 1. The van der Waals surface area contributed by atoms with Crippen molar-refractivity contribution in [2.45, 2.75) is 58.7 Å². The largest absolute Gasteiger partial charge is 0.464 e. The molecule has 1 N–H and O–H groups in total. The highest BCUT2D eigenvalue weighted by molar-refractivity contribution is 7.55. The molecular weight excluding hydrogens is 489 g/mol. The molecule has 0 spiro atoms. The lowest BCUT2D eigenvalue weighted by molar-refractivity contribution is -0.154. The summed E-state index contributed by atoms with van der Waals surface area (Å²) >= 11 is 6.10. The fraction of sp³-hybridized carbons (Fsp3) is 0.700. The number of nitrogens with zero attached hydrogens (tertiary/aromatic N) is 4. The zero-order chi connectivity index (χ0) is 24.7. The Balaban J connectivity index is 1.72. The van der Waals surface area contributed by atoms with Crippen molar-refractivity contribution < 1.29 is 32.6 Å². The second kappa shape index (κ2) is 12.2. The highest BCUT2D eigenvalue weighted by atomic mass is 35.5. The van der Waals surface area contributed by atoms with E-state index in [9.17, 15) is 9.36 Å². The Morgan fingerprint density at radius 1 is 1.24 bits per heavy atom. The van der Waals surface area contributed by atoms with Crippen molar-refractivity contribution in [3.63, 3.8) is 0 Å². The molecule has 1 aliphatic heterocycles. The maximum Gasteiger partial charge on any atom is 0.370 e. The van der Waals surface area contributed by atoms with Crippen LogP contribution in [0.4, 0.5) is 5.82 Å². The molecule has 2 unspecified atom stereocenters. The lowest BCUT2D eigenvalue weighted by atomic mass is 10.2. The zero-order valence-electron chi connectivity index (χ0n) is 19.7. The summed E-state index contributed by atoms with van der Waals surface area (Å²) in [6, 6.07) is 0. The molecule has 2 aromatic rings. The lowest BCUT2D eigenvalue weighted by Crippen LogP contribution is -2.31. The van der Waals surface area contributed by atoms with E-state index in [-0.39, 0.29) is 44.0 Å². The summed E-state index contributed by atoms with van der Waals surface area (Å²) in [7, 11) is -3.89. The Morgan fingerprint density at radius 3 is 2.62 bits per heavy atom. The number of fused-ring (bicyclic) bond motifs is 1. The quantitative estimate of drug-likeness (QED) is 0.235. The summed E-state index contributed by atoms with van der Waals surface area (Å²) < 4.78 is 42.5. The highest BCUT2D eigenvalue weighted by Crippen LogP contribution is 2.54. The lowest BCUT2D eigenvalue weighted by Gasteiger charge is -2.25. The van der Waals surface area contributed by atoms with Gasteiger partial charge in [0.05, 0.1) is 38.9 Å². The fourth-order valence-corrected chi connectivity index (χ4v) is 5.47. The number of ether oxygens (including phenoxy) is 3. The van der Waals surface area contributed by atoms with Crippen LogP contribution in [0.25, 0.3) is 11.2 Å². The van der Waals surface area contributed by atoms with Gasteiger partial charge in [-0.1, -0.05) is 0 Å². The summed E-state index contributed by atoms with van der Waals surface area (Å²) in [5.74, 6) is -1.75. The van der Waals surface area contributed by atoms with Gasteiger partial charge in [0.15, 0.2) is 17.0 Å². The smallest absolute Gasteiger partial charge is 0.370 e. The van der Waals surface area contributed by atoms with Crippen molar-refractivity contribution in [2.75, 3.05) is 38.3 Å². The number of carbonyl (C=O) groups is 1. The van der Waals surface area contributed by atoms with Crippen LogP contribution in [0.5, 0.6) is 0 Å². The molecule has 0 amide bonds. The number of hydrogen-bond acceptors (Lipinski definition) is 11. The SMILES string of the molecule is CCNc1nc(Cl)nc2c1ncn2C1CC[C@@H](COC(C(=O)OCC)P(=O)(OCC)OCC)O1. The second-order valence-electron chi connectivity index (χ2n) is 7.30. The third-order valence-corrected chi connectivity index (χ3v) is 7.31. The average Bonchev–Trinajstić information content (AvgIpc) is 3.41. The van der Waals surface area contributed by atoms with Crippen LogP contribution in [-0.4, -0.2) is 70.4 Å². The molecule has 0 radical (unpaired) electrons. The van der Waals surface area contributed by atoms with E-state index in [0.29, 0.717) is 36.4 Å². The molecule has 1 saturated heterocycles. The summed E-state index contributed by atoms with van der Waals surface area (Å²) in [5, 5.41) is 3.23. The molecule has 3 atom stereocenters. The Bertz CT molecular complexity index is 1010. The summed E-state index contributed by atoms with van der Waals surface area (Å²) in [6.07, 6.45) is 2.17. The van der Waals surface area contributed by atoms with E-state index >= 15 is 0 Å². The van der Waals surface area contributed by atoms with Crippen LogP contribution < -0.4 is 5.32 Å². The first-order valence-electron chi connectivity index (χ1n) is 11.3. The number of esters is 1. The molecule has 0 aliphatic carbocycles. The Hall–Kier alpha value is -1.82. The molecule has 14 heteroatoms. The predicted octanol–water partition coefficient (Wildman–Crippen LogP) is 3.76. The fourth-order valence-electron chi connectivity index (χ4n) is 3.64. The summed E-state index contributed by atoms with van der Waals surface area (Å²) in [5.41, 5.74) is 1.13. The minimum atomic E-state index is -3.89. The van der Waals surface area contributed by atoms with Crippen molar-refractivity contribution >= 4 is 42.1 Å². The van der Waals surface area contributed by atoms with Gasteiger partial charge in [-0.2, -0.15) is 9.97 Å². The van der Waals surface area contributed by atoms with Crippen molar-refractivity contribution in [3.05, 3.63) is 11.6 Å². The number of aromatic nitrogens is 4. The van der Waals surface area contributed by atoms with Crippen LogP contribution in [0.1, 0.15) is 46.8 Å². The third-order valence-electron chi connectivity index (χ3n) is 4.97. The van der Waals surface area contributed by atoms with E-state index in [1.54, 1.807) is 31.7 Å². The molecule has 3 heterocycles. The maximum atomic E-state index is 13.2. The van der Waals surface area contributed by atoms with Gasteiger partial charge in [-0.3, -0.25) is 9.13 Å². The molecule has 1 aliphatic rings. The van der Waals surface area contributed by atoms with E-state index in [4.69, 9.17) is 34.9 Å². The van der Waals surface area contributed by atoms with Crippen LogP contribution >= 0.6 is 19.2 Å². The van der Waals surface area contributed by atoms with Gasteiger partial charge < -0.3 is 28.6 Å². The molecule has 0 bridgehead atoms. The zero-order valence-corrected chi connectivity index (χ0v) is 21.4. The molecule has 1 fully saturated rings. The normalized spacial score (nSPS) is 19.4. The van der Waals surface area contributed by atoms with E-state index in [1.165, 1.54) is 0 Å². The van der Waals surface area contributed by atoms with Gasteiger partial charge in [0.25, 0.3) is 5.85 Å². The molecular formula is C20H31ClN5O7P. The van der Waals surface area contributed by atoms with Gasteiger partial charge in [0.2, 0.25) is 5.28 Å². The van der Waals surface area contributed by atoms with Crippen molar-refractivity contribution in [2.24, 2.45) is 0 Å². The molecule has 3 rings (SSSR count). The van der Waals surface area contributed by atoms with Crippen LogP contribution in [-0.2, 0) is 32.6 Å². The van der Waals surface area contributed by atoms with E-state index in [0.717, 1.165) is 0 Å². The molecule has 12 nitrogen and oxygen atoms in total. The number of anilines is 1. The number of carbonyl (C=O) groups excluding carboxylic acids is 1. The van der Waals surface area contributed by atoms with Crippen molar-refractivity contribution in [3.8, 4) is 0 Å². The first kappa shape index (κ1) is 26.8. The van der Waals surface area contributed by atoms with Crippen LogP contribution in [0.3, 0.4) is 0 Å². The van der Waals surface area contributed by atoms with E-state index in [2.05, 4.69) is 20.3 Å². The van der Waals surface area contributed by atoms with E-state index in [1.807, 2.05) is 6.92 Å². The third kappa shape index (κ3) is 6.05. The number of imidazole rings is 1. The molecule has 190 valence electrons. The van der Waals surface area contributed by atoms with Gasteiger partial charge in [0.1, 0.15) is 6.23 Å². The Kier molecular flexibility index (Phi) is 9.64. The minimum absolute atomic E-state index is 0.00483. The molecule has 2 aromatic heterocycles. The second-order valence-corrected chi connectivity index (χ2v) is 9.70. The van der Waals surface area contributed by atoms with Gasteiger partial charge in [0, 0.05) is 6.54 Å². The Morgan fingerprint density at radius 2 is 1.97 bits per heavy atom. The monoisotopic (exact) mass is 519 g/mol. The van der Waals surface area contributed by atoms with Gasteiger partial charge >= 0.3 is 13.6 Å². The van der Waals surface area contributed by atoms with Gasteiger partial charge in [-0.05, 0) is 52.1 Å².